The summed E-state index contributed by atoms with van der Waals surface area (Å²) in [6, 6.07) is 15.2. The second-order valence-corrected chi connectivity index (χ2v) is 7.78. The lowest BCUT2D eigenvalue weighted by atomic mass is 10.0. The molecule has 2 fully saturated rings. The fourth-order valence-electron chi connectivity index (χ4n) is 4.20. The summed E-state index contributed by atoms with van der Waals surface area (Å²) < 4.78 is 0. The van der Waals surface area contributed by atoms with E-state index in [0.717, 1.165) is 24.9 Å². The van der Waals surface area contributed by atoms with E-state index < -0.39 is 0 Å². The van der Waals surface area contributed by atoms with Gasteiger partial charge in [-0.3, -0.25) is 14.5 Å². The molecule has 4 rings (SSSR count). The van der Waals surface area contributed by atoms with E-state index in [1.54, 1.807) is 17.0 Å². The van der Waals surface area contributed by atoms with Crippen LogP contribution >= 0.6 is 0 Å². The number of rotatable bonds is 4. The Labute approximate surface area is 176 Å². The summed E-state index contributed by atoms with van der Waals surface area (Å²) in [6.07, 6.45) is 3.29. The van der Waals surface area contributed by atoms with Crippen LogP contribution in [0.1, 0.15) is 34.5 Å². The lowest BCUT2D eigenvalue weighted by Gasteiger charge is -2.42. The Hall–Kier alpha value is -3.24. The molecule has 1 aromatic heterocycles. The van der Waals surface area contributed by atoms with Crippen molar-refractivity contribution in [3.8, 4) is 6.07 Å². The molecule has 1 aromatic carbocycles. The SMILES string of the molecule is N#Cc1ccc(C(=O)N2CCN(C3CCCN(Cc4ccccc4)C3=O)CC2)nc1. The molecule has 3 heterocycles. The average molecular weight is 403 g/mol. The van der Waals surface area contributed by atoms with Crippen molar-refractivity contribution in [1.82, 2.24) is 19.7 Å². The Kier molecular flexibility index (Phi) is 6.05. The Balaban J connectivity index is 1.34. The normalized spacial score (nSPS) is 20.1. The number of nitrogens with zero attached hydrogens (tertiary/aromatic N) is 5. The van der Waals surface area contributed by atoms with Crippen molar-refractivity contribution in [2.24, 2.45) is 0 Å². The van der Waals surface area contributed by atoms with Crippen molar-refractivity contribution in [3.63, 3.8) is 0 Å². The zero-order chi connectivity index (χ0) is 20.9. The fraction of sp³-hybridized carbons (Fsp3) is 0.391. The molecule has 2 aliphatic heterocycles. The second kappa shape index (κ2) is 9.06. The molecular formula is C23H25N5O2. The number of hydrogen-bond donors (Lipinski definition) is 0. The molecule has 1 atom stereocenters. The third-order valence-corrected chi connectivity index (χ3v) is 5.87. The van der Waals surface area contributed by atoms with Crippen LogP contribution in [-0.2, 0) is 11.3 Å². The Bertz CT molecular complexity index is 930. The monoisotopic (exact) mass is 403 g/mol. The van der Waals surface area contributed by atoms with Crippen molar-refractivity contribution in [2.45, 2.75) is 25.4 Å². The number of pyridine rings is 1. The van der Waals surface area contributed by atoms with E-state index in [4.69, 9.17) is 5.26 Å². The topological polar surface area (TPSA) is 80.5 Å². The van der Waals surface area contributed by atoms with Crippen LogP contribution in [0.15, 0.2) is 48.7 Å². The maximum absolute atomic E-state index is 13.1. The highest BCUT2D eigenvalue weighted by Gasteiger charge is 2.35. The first-order chi connectivity index (χ1) is 14.7. The van der Waals surface area contributed by atoms with Gasteiger partial charge in [0.1, 0.15) is 11.8 Å². The van der Waals surface area contributed by atoms with Crippen LogP contribution < -0.4 is 0 Å². The molecule has 0 N–H and O–H groups in total. The molecule has 0 aliphatic carbocycles. The average Bonchev–Trinajstić information content (AvgIpc) is 2.81. The number of carbonyl (C=O) groups is 2. The van der Waals surface area contributed by atoms with E-state index >= 15 is 0 Å². The Morgan fingerprint density at radius 2 is 1.83 bits per heavy atom. The van der Waals surface area contributed by atoms with Gasteiger partial charge in [0.25, 0.3) is 5.91 Å². The molecule has 0 saturated carbocycles. The number of hydrogen-bond acceptors (Lipinski definition) is 5. The van der Waals surface area contributed by atoms with Gasteiger partial charge < -0.3 is 9.80 Å². The van der Waals surface area contributed by atoms with Crippen molar-refractivity contribution in [2.75, 3.05) is 32.7 Å². The van der Waals surface area contributed by atoms with Gasteiger partial charge in [-0.25, -0.2) is 4.98 Å². The number of aromatic nitrogens is 1. The minimum atomic E-state index is -0.125. The third-order valence-electron chi connectivity index (χ3n) is 5.87. The summed E-state index contributed by atoms with van der Waals surface area (Å²) in [5, 5.41) is 8.87. The van der Waals surface area contributed by atoms with E-state index in [1.807, 2.05) is 29.2 Å². The molecule has 154 valence electrons. The molecule has 0 bridgehead atoms. The first-order valence-electron chi connectivity index (χ1n) is 10.4. The van der Waals surface area contributed by atoms with Gasteiger partial charge in [0.2, 0.25) is 5.91 Å². The van der Waals surface area contributed by atoms with Crippen LogP contribution in [0.25, 0.3) is 0 Å². The highest BCUT2D eigenvalue weighted by molar-refractivity contribution is 5.92. The summed E-state index contributed by atoms with van der Waals surface area (Å²) in [7, 11) is 0. The second-order valence-electron chi connectivity index (χ2n) is 7.78. The number of piperazine rings is 1. The number of nitriles is 1. The predicted octanol–water partition coefficient (Wildman–Crippen LogP) is 1.90. The van der Waals surface area contributed by atoms with Gasteiger partial charge in [0, 0.05) is 45.5 Å². The summed E-state index contributed by atoms with van der Waals surface area (Å²) in [5.41, 5.74) is 1.94. The molecule has 2 saturated heterocycles. The molecule has 0 spiro atoms. The zero-order valence-corrected chi connectivity index (χ0v) is 16.9. The number of amides is 2. The first kappa shape index (κ1) is 20.0. The lowest BCUT2D eigenvalue weighted by molar-refractivity contribution is -0.141. The van der Waals surface area contributed by atoms with E-state index in [0.29, 0.717) is 44.0 Å². The fourth-order valence-corrected chi connectivity index (χ4v) is 4.20. The van der Waals surface area contributed by atoms with E-state index in [9.17, 15) is 9.59 Å². The van der Waals surface area contributed by atoms with Crippen molar-refractivity contribution in [1.29, 1.82) is 5.26 Å². The molecule has 7 heteroatoms. The Morgan fingerprint density at radius 3 is 2.50 bits per heavy atom. The smallest absolute Gasteiger partial charge is 0.272 e. The summed E-state index contributed by atoms with van der Waals surface area (Å²) in [4.78, 5) is 35.8. The molecule has 7 nitrogen and oxygen atoms in total. The third kappa shape index (κ3) is 4.34. The van der Waals surface area contributed by atoms with Crippen LogP contribution in [0, 0.1) is 11.3 Å². The number of likely N-dealkylation sites (tertiary alicyclic amines) is 1. The number of carbonyl (C=O) groups excluding carboxylic acids is 2. The molecule has 2 aliphatic rings. The van der Waals surface area contributed by atoms with E-state index in [1.165, 1.54) is 6.20 Å². The summed E-state index contributed by atoms with van der Waals surface area (Å²) in [6.45, 7) is 3.95. The highest BCUT2D eigenvalue weighted by Crippen LogP contribution is 2.21. The van der Waals surface area contributed by atoms with Crippen molar-refractivity contribution >= 4 is 11.8 Å². The van der Waals surface area contributed by atoms with E-state index in [-0.39, 0.29) is 17.9 Å². The van der Waals surface area contributed by atoms with Crippen LogP contribution in [-0.4, -0.2) is 70.3 Å². The largest absolute Gasteiger partial charge is 0.337 e. The number of piperidine rings is 1. The highest BCUT2D eigenvalue weighted by atomic mass is 16.2. The molecule has 2 aromatic rings. The maximum Gasteiger partial charge on any atom is 0.272 e. The van der Waals surface area contributed by atoms with Gasteiger partial charge >= 0.3 is 0 Å². The molecule has 2 amide bonds. The zero-order valence-electron chi connectivity index (χ0n) is 16.9. The van der Waals surface area contributed by atoms with Gasteiger partial charge in [-0.15, -0.1) is 0 Å². The summed E-state index contributed by atoms with van der Waals surface area (Å²) >= 11 is 0. The van der Waals surface area contributed by atoms with Gasteiger partial charge in [-0.2, -0.15) is 5.26 Å². The standard InChI is InChI=1S/C23H25N5O2/c24-15-19-8-9-20(25-16-19)22(29)27-13-11-26(12-14-27)21-7-4-10-28(23(21)30)17-18-5-2-1-3-6-18/h1-3,5-6,8-9,16,21H,4,7,10-14,17H2. The quantitative estimate of drug-likeness (QED) is 0.779. The van der Waals surface area contributed by atoms with Gasteiger partial charge in [-0.1, -0.05) is 30.3 Å². The van der Waals surface area contributed by atoms with Crippen LogP contribution in [0.3, 0.4) is 0 Å². The first-order valence-corrected chi connectivity index (χ1v) is 10.4. The number of benzene rings is 1. The van der Waals surface area contributed by atoms with Crippen molar-refractivity contribution in [3.05, 3.63) is 65.5 Å². The lowest BCUT2D eigenvalue weighted by Crippen LogP contribution is -2.58. The minimum Gasteiger partial charge on any atom is -0.337 e. The minimum absolute atomic E-state index is 0.104. The molecule has 30 heavy (non-hydrogen) atoms. The molecule has 1 unspecified atom stereocenters. The van der Waals surface area contributed by atoms with Gasteiger partial charge in [-0.05, 0) is 30.5 Å². The van der Waals surface area contributed by atoms with Crippen LogP contribution in [0.5, 0.6) is 0 Å². The van der Waals surface area contributed by atoms with Crippen molar-refractivity contribution < 1.29 is 9.59 Å². The van der Waals surface area contributed by atoms with Crippen LogP contribution in [0.2, 0.25) is 0 Å². The van der Waals surface area contributed by atoms with E-state index in [2.05, 4.69) is 22.0 Å². The Morgan fingerprint density at radius 1 is 1.07 bits per heavy atom. The van der Waals surface area contributed by atoms with Crippen LogP contribution in [0.4, 0.5) is 0 Å². The predicted molar refractivity (Wildman–Crippen MR) is 111 cm³/mol. The molecule has 0 radical (unpaired) electrons. The summed E-state index contributed by atoms with van der Waals surface area (Å²) in [5.74, 6) is 0.0680. The molecular weight excluding hydrogens is 378 g/mol. The maximum atomic E-state index is 13.1. The van der Waals surface area contributed by atoms with Gasteiger partial charge in [0.15, 0.2) is 0 Å². The van der Waals surface area contributed by atoms with Gasteiger partial charge in [0.05, 0.1) is 11.6 Å².